The van der Waals surface area contributed by atoms with Gasteiger partial charge in [0.2, 0.25) is 0 Å². The van der Waals surface area contributed by atoms with Crippen LogP contribution >= 0.6 is 23.1 Å². The number of nitrogens with zero attached hydrogens (tertiary/aromatic N) is 2. The topological polar surface area (TPSA) is 37.8 Å². The van der Waals surface area contributed by atoms with E-state index < -0.39 is 0 Å². The number of rotatable bonds is 5. The number of fused-ring (bicyclic) bond motifs is 1. The molecule has 1 fully saturated rings. The van der Waals surface area contributed by atoms with E-state index in [4.69, 9.17) is 9.97 Å². The van der Waals surface area contributed by atoms with Gasteiger partial charge in [0, 0.05) is 11.4 Å². The van der Waals surface area contributed by atoms with Crippen LogP contribution < -0.4 is 5.32 Å². The van der Waals surface area contributed by atoms with Crippen LogP contribution in [0, 0.1) is 0 Å². The first kappa shape index (κ1) is 14.1. The first-order chi connectivity index (χ1) is 9.81. The normalized spacial score (nSPS) is 18.8. The fourth-order valence-electron chi connectivity index (χ4n) is 2.47. The molecule has 1 aliphatic heterocycles. The predicted molar refractivity (Wildman–Crippen MR) is 90.0 cm³/mol. The number of aryl methyl sites for hydroxylation is 1. The number of aromatic nitrogens is 2. The van der Waals surface area contributed by atoms with Crippen molar-refractivity contribution in [2.45, 2.75) is 44.8 Å². The van der Waals surface area contributed by atoms with Crippen molar-refractivity contribution >= 4 is 39.1 Å². The van der Waals surface area contributed by atoms with Crippen LogP contribution in [0.3, 0.4) is 0 Å². The van der Waals surface area contributed by atoms with Crippen LogP contribution in [0.4, 0.5) is 5.82 Å². The van der Waals surface area contributed by atoms with E-state index in [0.717, 1.165) is 35.9 Å². The van der Waals surface area contributed by atoms with Gasteiger partial charge in [-0.3, -0.25) is 0 Å². The maximum Gasteiger partial charge on any atom is 0.145 e. The molecule has 0 saturated carbocycles. The first-order valence-electron chi connectivity index (χ1n) is 7.47. The molecule has 20 heavy (non-hydrogen) atoms. The van der Waals surface area contributed by atoms with Gasteiger partial charge >= 0.3 is 0 Å². The Balaban J connectivity index is 2.03. The summed E-state index contributed by atoms with van der Waals surface area (Å²) < 4.78 is 0. The van der Waals surface area contributed by atoms with Crippen LogP contribution in [-0.4, -0.2) is 22.3 Å². The minimum Gasteiger partial charge on any atom is -0.369 e. The van der Waals surface area contributed by atoms with Gasteiger partial charge < -0.3 is 5.32 Å². The molecule has 1 N–H and O–H groups in total. The Kier molecular flexibility index (Phi) is 4.46. The monoisotopic (exact) mass is 307 g/mol. The molecule has 2 aromatic heterocycles. The third-order valence-corrected chi connectivity index (χ3v) is 6.12. The molecule has 3 nitrogen and oxygen atoms in total. The van der Waals surface area contributed by atoms with Crippen LogP contribution in [0.5, 0.6) is 0 Å². The van der Waals surface area contributed by atoms with Gasteiger partial charge in [-0.15, -0.1) is 11.3 Å². The molecule has 108 valence electrons. The van der Waals surface area contributed by atoms with Gasteiger partial charge in [-0.25, -0.2) is 9.97 Å². The van der Waals surface area contributed by atoms with E-state index >= 15 is 0 Å². The first-order valence-corrected chi connectivity index (χ1v) is 9.34. The lowest BCUT2D eigenvalue weighted by Gasteiger charge is -2.11. The standard InChI is InChI=1S/C15H21N3S2/c1-3-7-16-13-11-9-10(4-2)20-15(11)18-14(17-13)12-6-5-8-19-12/h9,12H,3-8H2,1-2H3,(H,16,17,18). The number of hydrogen-bond acceptors (Lipinski definition) is 5. The fraction of sp³-hybridized carbons (Fsp3) is 0.600. The second-order valence-electron chi connectivity index (χ2n) is 5.14. The zero-order valence-corrected chi connectivity index (χ0v) is 13.7. The Morgan fingerprint density at radius 1 is 1.35 bits per heavy atom. The molecule has 1 unspecified atom stereocenters. The number of thioether (sulfide) groups is 1. The molecule has 3 rings (SSSR count). The van der Waals surface area contributed by atoms with E-state index in [1.54, 1.807) is 0 Å². The summed E-state index contributed by atoms with van der Waals surface area (Å²) in [5.41, 5.74) is 0. The summed E-state index contributed by atoms with van der Waals surface area (Å²) in [6.45, 7) is 5.36. The van der Waals surface area contributed by atoms with Gasteiger partial charge in [0.15, 0.2) is 0 Å². The van der Waals surface area contributed by atoms with Crippen molar-refractivity contribution in [3.05, 3.63) is 16.8 Å². The largest absolute Gasteiger partial charge is 0.369 e. The molecule has 2 aromatic rings. The number of anilines is 1. The Morgan fingerprint density at radius 3 is 2.95 bits per heavy atom. The van der Waals surface area contributed by atoms with Crippen LogP contribution in [0.15, 0.2) is 6.07 Å². The van der Waals surface area contributed by atoms with Crippen LogP contribution in [0.2, 0.25) is 0 Å². The van der Waals surface area contributed by atoms with Crippen molar-refractivity contribution in [3.63, 3.8) is 0 Å². The quantitative estimate of drug-likeness (QED) is 0.873. The molecule has 0 radical (unpaired) electrons. The smallest absolute Gasteiger partial charge is 0.145 e. The molecule has 0 aromatic carbocycles. The molecular formula is C15H21N3S2. The van der Waals surface area contributed by atoms with E-state index in [1.807, 2.05) is 23.1 Å². The predicted octanol–water partition coefficient (Wildman–Crippen LogP) is 4.64. The Hall–Kier alpha value is -0.810. The van der Waals surface area contributed by atoms with Gasteiger partial charge in [0.05, 0.1) is 10.6 Å². The van der Waals surface area contributed by atoms with E-state index in [2.05, 4.69) is 25.2 Å². The molecule has 1 atom stereocenters. The lowest BCUT2D eigenvalue weighted by molar-refractivity contribution is 0.783. The zero-order chi connectivity index (χ0) is 13.9. The van der Waals surface area contributed by atoms with Crippen LogP contribution in [-0.2, 0) is 6.42 Å². The van der Waals surface area contributed by atoms with Crippen molar-refractivity contribution in [3.8, 4) is 0 Å². The number of nitrogens with one attached hydrogen (secondary N) is 1. The van der Waals surface area contributed by atoms with E-state index in [0.29, 0.717) is 5.25 Å². The molecule has 1 saturated heterocycles. The van der Waals surface area contributed by atoms with Crippen molar-refractivity contribution in [2.24, 2.45) is 0 Å². The molecule has 0 aliphatic carbocycles. The minimum atomic E-state index is 0.494. The van der Waals surface area contributed by atoms with Gasteiger partial charge in [-0.1, -0.05) is 13.8 Å². The number of hydrogen-bond donors (Lipinski definition) is 1. The van der Waals surface area contributed by atoms with Gasteiger partial charge in [-0.05, 0) is 37.5 Å². The summed E-state index contributed by atoms with van der Waals surface area (Å²) in [5.74, 6) is 3.31. The summed E-state index contributed by atoms with van der Waals surface area (Å²) in [7, 11) is 0. The summed E-state index contributed by atoms with van der Waals surface area (Å²) in [6, 6.07) is 2.25. The highest BCUT2D eigenvalue weighted by molar-refractivity contribution is 7.99. The fourth-order valence-corrected chi connectivity index (χ4v) is 4.65. The molecular weight excluding hydrogens is 286 g/mol. The maximum atomic E-state index is 4.84. The third kappa shape index (κ3) is 2.79. The summed E-state index contributed by atoms with van der Waals surface area (Å²) in [5, 5.41) is 5.18. The van der Waals surface area contributed by atoms with Crippen molar-refractivity contribution in [1.82, 2.24) is 9.97 Å². The minimum absolute atomic E-state index is 0.494. The summed E-state index contributed by atoms with van der Waals surface area (Å²) >= 11 is 3.82. The van der Waals surface area contributed by atoms with E-state index in [1.165, 1.54) is 28.9 Å². The molecule has 1 aliphatic rings. The maximum absolute atomic E-state index is 4.84. The van der Waals surface area contributed by atoms with Gasteiger partial charge in [-0.2, -0.15) is 11.8 Å². The lowest BCUT2D eigenvalue weighted by Crippen LogP contribution is -2.06. The Morgan fingerprint density at radius 2 is 2.25 bits per heavy atom. The summed E-state index contributed by atoms with van der Waals surface area (Å²) in [6.07, 6.45) is 4.69. The molecule has 3 heterocycles. The molecule has 0 bridgehead atoms. The highest BCUT2D eigenvalue weighted by atomic mass is 32.2. The second-order valence-corrected chi connectivity index (χ2v) is 7.57. The average Bonchev–Trinajstić information content (AvgIpc) is 3.12. The second kappa shape index (κ2) is 6.31. The average molecular weight is 307 g/mol. The van der Waals surface area contributed by atoms with Crippen LogP contribution in [0.25, 0.3) is 10.2 Å². The molecule has 5 heteroatoms. The Labute approximate surface area is 128 Å². The zero-order valence-electron chi connectivity index (χ0n) is 12.1. The van der Waals surface area contributed by atoms with Crippen molar-refractivity contribution in [1.29, 1.82) is 0 Å². The van der Waals surface area contributed by atoms with Crippen molar-refractivity contribution < 1.29 is 0 Å². The SMILES string of the molecule is CCCNc1nc(C2CCCS2)nc2sc(CC)cc12. The van der Waals surface area contributed by atoms with Gasteiger partial charge in [0.1, 0.15) is 16.5 Å². The van der Waals surface area contributed by atoms with E-state index in [-0.39, 0.29) is 0 Å². The van der Waals surface area contributed by atoms with E-state index in [9.17, 15) is 0 Å². The highest BCUT2D eigenvalue weighted by Crippen LogP contribution is 2.40. The van der Waals surface area contributed by atoms with Crippen molar-refractivity contribution in [2.75, 3.05) is 17.6 Å². The van der Waals surface area contributed by atoms with Crippen LogP contribution in [0.1, 0.15) is 49.1 Å². The highest BCUT2D eigenvalue weighted by Gasteiger charge is 2.22. The van der Waals surface area contributed by atoms with Gasteiger partial charge in [0.25, 0.3) is 0 Å². The molecule has 0 amide bonds. The molecule has 0 spiro atoms. The Bertz CT molecular complexity index is 588. The summed E-state index contributed by atoms with van der Waals surface area (Å²) in [4.78, 5) is 12.2. The number of thiophene rings is 1. The third-order valence-electron chi connectivity index (χ3n) is 3.57. The lowest BCUT2D eigenvalue weighted by atomic mass is 10.2.